The average Bonchev–Trinajstić information content (AvgIpc) is 2.64. The molecule has 2 N–H and O–H groups in total. The van der Waals surface area contributed by atoms with Crippen molar-refractivity contribution in [1.82, 2.24) is 9.78 Å². The van der Waals surface area contributed by atoms with Crippen LogP contribution in [0.2, 0.25) is 0 Å². The number of nitrogens with zero attached hydrogens (tertiary/aromatic N) is 2. The first kappa shape index (κ1) is 11.2. The van der Waals surface area contributed by atoms with Crippen LogP contribution in [0.4, 0.5) is 0 Å². The summed E-state index contributed by atoms with van der Waals surface area (Å²) in [7, 11) is 1.92. The van der Waals surface area contributed by atoms with Crippen molar-refractivity contribution in [3.05, 3.63) is 42.2 Å². The zero-order valence-corrected chi connectivity index (χ0v) is 10.2. The molecule has 0 amide bonds. The summed E-state index contributed by atoms with van der Waals surface area (Å²) in [5.74, 6) is 0. The average molecular weight is 233 g/mol. The molecule has 16 heavy (non-hydrogen) atoms. The van der Waals surface area contributed by atoms with E-state index in [0.717, 1.165) is 4.90 Å². The van der Waals surface area contributed by atoms with Gasteiger partial charge < -0.3 is 5.73 Å². The summed E-state index contributed by atoms with van der Waals surface area (Å²) in [6.45, 7) is 2.00. The van der Waals surface area contributed by atoms with Gasteiger partial charge in [-0.15, -0.1) is 0 Å². The van der Waals surface area contributed by atoms with Gasteiger partial charge in [-0.05, 0) is 18.6 Å². The lowest BCUT2D eigenvalue weighted by molar-refractivity contribution is 0.766. The molecule has 0 saturated carbocycles. The number of rotatable bonds is 3. The van der Waals surface area contributed by atoms with E-state index in [1.54, 1.807) is 16.4 Å². The maximum atomic E-state index is 5.94. The van der Waals surface area contributed by atoms with Crippen molar-refractivity contribution in [2.24, 2.45) is 12.8 Å². The molecule has 1 heterocycles. The number of hydrogen-bond donors (Lipinski definition) is 1. The highest BCUT2D eigenvalue weighted by molar-refractivity contribution is 7.99. The van der Waals surface area contributed by atoms with Crippen LogP contribution in [0.3, 0.4) is 0 Å². The summed E-state index contributed by atoms with van der Waals surface area (Å²) in [6, 6.07) is 8.27. The molecule has 1 atom stereocenters. The molecule has 2 aromatic rings. The van der Waals surface area contributed by atoms with Gasteiger partial charge in [0.15, 0.2) is 0 Å². The van der Waals surface area contributed by atoms with Crippen molar-refractivity contribution in [3.63, 3.8) is 0 Å². The largest absolute Gasteiger partial charge is 0.324 e. The summed E-state index contributed by atoms with van der Waals surface area (Å²) in [5.41, 5.74) is 7.12. The van der Waals surface area contributed by atoms with Crippen LogP contribution in [0.1, 0.15) is 18.5 Å². The molecule has 1 aromatic carbocycles. The number of aromatic nitrogens is 2. The van der Waals surface area contributed by atoms with Crippen molar-refractivity contribution < 1.29 is 0 Å². The van der Waals surface area contributed by atoms with Gasteiger partial charge in [-0.1, -0.05) is 30.0 Å². The van der Waals surface area contributed by atoms with Crippen LogP contribution in [0.5, 0.6) is 0 Å². The highest BCUT2D eigenvalue weighted by Crippen LogP contribution is 2.32. The van der Waals surface area contributed by atoms with E-state index >= 15 is 0 Å². The van der Waals surface area contributed by atoms with Crippen molar-refractivity contribution in [2.45, 2.75) is 22.8 Å². The molecule has 0 unspecified atom stereocenters. The number of nitrogens with two attached hydrogens (primary N) is 1. The summed E-state index contributed by atoms with van der Waals surface area (Å²) < 4.78 is 1.80. The second-order valence-corrected chi connectivity index (χ2v) is 4.89. The lowest BCUT2D eigenvalue weighted by atomic mass is 10.1. The van der Waals surface area contributed by atoms with Crippen LogP contribution < -0.4 is 5.73 Å². The topological polar surface area (TPSA) is 43.8 Å². The summed E-state index contributed by atoms with van der Waals surface area (Å²) >= 11 is 1.70. The van der Waals surface area contributed by atoms with E-state index in [4.69, 9.17) is 5.73 Å². The minimum atomic E-state index is 0.0559. The number of hydrogen-bond acceptors (Lipinski definition) is 3. The molecule has 0 aliphatic rings. The molecular weight excluding hydrogens is 218 g/mol. The zero-order chi connectivity index (χ0) is 11.5. The Bertz CT molecular complexity index is 477. The predicted molar refractivity (Wildman–Crippen MR) is 66.4 cm³/mol. The van der Waals surface area contributed by atoms with Gasteiger partial charge in [0, 0.05) is 24.2 Å². The van der Waals surface area contributed by atoms with Gasteiger partial charge in [-0.3, -0.25) is 4.68 Å². The minimum Gasteiger partial charge on any atom is -0.324 e. The molecule has 0 aliphatic heterocycles. The molecular formula is C12H15N3S. The van der Waals surface area contributed by atoms with E-state index in [0.29, 0.717) is 0 Å². The Morgan fingerprint density at radius 3 is 2.75 bits per heavy atom. The molecule has 3 nitrogen and oxygen atoms in total. The second kappa shape index (κ2) is 4.72. The first-order chi connectivity index (χ1) is 7.66. The fourth-order valence-electron chi connectivity index (χ4n) is 1.53. The van der Waals surface area contributed by atoms with Crippen LogP contribution in [-0.2, 0) is 7.05 Å². The molecule has 1 aromatic heterocycles. The van der Waals surface area contributed by atoms with Crippen molar-refractivity contribution in [2.75, 3.05) is 0 Å². The number of aryl methyl sites for hydroxylation is 1. The SMILES string of the molecule is C[C@H](N)c1ccccc1Sc1cnn(C)c1. The van der Waals surface area contributed by atoms with E-state index < -0.39 is 0 Å². The van der Waals surface area contributed by atoms with Gasteiger partial charge in [-0.2, -0.15) is 5.10 Å². The number of benzene rings is 1. The van der Waals surface area contributed by atoms with E-state index in [-0.39, 0.29) is 6.04 Å². The van der Waals surface area contributed by atoms with Gasteiger partial charge in [0.2, 0.25) is 0 Å². The Kier molecular flexibility index (Phi) is 3.31. The van der Waals surface area contributed by atoms with E-state index in [1.165, 1.54) is 10.5 Å². The Morgan fingerprint density at radius 1 is 1.38 bits per heavy atom. The summed E-state index contributed by atoms with van der Waals surface area (Å²) in [4.78, 5) is 2.33. The van der Waals surface area contributed by atoms with Crippen LogP contribution in [-0.4, -0.2) is 9.78 Å². The Hall–Kier alpha value is -1.26. The maximum absolute atomic E-state index is 5.94. The highest BCUT2D eigenvalue weighted by Gasteiger charge is 2.08. The normalized spacial score (nSPS) is 12.7. The molecule has 0 spiro atoms. The molecule has 0 bridgehead atoms. The highest BCUT2D eigenvalue weighted by atomic mass is 32.2. The minimum absolute atomic E-state index is 0.0559. The van der Waals surface area contributed by atoms with E-state index in [2.05, 4.69) is 17.2 Å². The predicted octanol–water partition coefficient (Wildman–Crippen LogP) is 2.59. The Morgan fingerprint density at radius 2 is 2.12 bits per heavy atom. The molecule has 2 rings (SSSR count). The fourth-order valence-corrected chi connectivity index (χ4v) is 2.61. The van der Waals surface area contributed by atoms with Crippen molar-refractivity contribution >= 4 is 11.8 Å². The smallest absolute Gasteiger partial charge is 0.0629 e. The van der Waals surface area contributed by atoms with Gasteiger partial charge in [-0.25, -0.2) is 0 Å². The lowest BCUT2D eigenvalue weighted by Crippen LogP contribution is -2.05. The molecule has 0 fully saturated rings. The van der Waals surface area contributed by atoms with E-state index in [9.17, 15) is 0 Å². The molecule has 4 heteroatoms. The Balaban J connectivity index is 2.27. The van der Waals surface area contributed by atoms with Crippen molar-refractivity contribution in [3.8, 4) is 0 Å². The zero-order valence-electron chi connectivity index (χ0n) is 9.42. The first-order valence-corrected chi connectivity index (χ1v) is 5.99. The third kappa shape index (κ3) is 2.46. The molecule has 84 valence electrons. The van der Waals surface area contributed by atoms with Crippen LogP contribution in [0, 0.1) is 0 Å². The standard InChI is InChI=1S/C12H15N3S/c1-9(13)11-5-3-4-6-12(11)16-10-7-14-15(2)8-10/h3-9H,13H2,1-2H3/t9-/m0/s1. The molecule has 0 saturated heterocycles. The first-order valence-electron chi connectivity index (χ1n) is 5.18. The van der Waals surface area contributed by atoms with Gasteiger partial charge in [0.1, 0.15) is 0 Å². The van der Waals surface area contributed by atoms with Crippen LogP contribution >= 0.6 is 11.8 Å². The lowest BCUT2D eigenvalue weighted by Gasteiger charge is -2.10. The maximum Gasteiger partial charge on any atom is 0.0629 e. The van der Waals surface area contributed by atoms with Crippen LogP contribution in [0.15, 0.2) is 46.5 Å². The van der Waals surface area contributed by atoms with Crippen molar-refractivity contribution in [1.29, 1.82) is 0 Å². The Labute approximate surface area is 99.7 Å². The summed E-state index contributed by atoms with van der Waals surface area (Å²) in [5, 5.41) is 4.15. The summed E-state index contributed by atoms with van der Waals surface area (Å²) in [6.07, 6.45) is 3.87. The molecule has 0 aliphatic carbocycles. The molecule has 0 radical (unpaired) electrons. The van der Waals surface area contributed by atoms with Gasteiger partial charge >= 0.3 is 0 Å². The van der Waals surface area contributed by atoms with Gasteiger partial charge in [0.05, 0.1) is 11.1 Å². The van der Waals surface area contributed by atoms with Gasteiger partial charge in [0.25, 0.3) is 0 Å². The third-order valence-corrected chi connectivity index (χ3v) is 3.36. The fraction of sp³-hybridized carbons (Fsp3) is 0.250. The third-order valence-electron chi connectivity index (χ3n) is 2.32. The van der Waals surface area contributed by atoms with Crippen LogP contribution in [0.25, 0.3) is 0 Å². The monoisotopic (exact) mass is 233 g/mol. The second-order valence-electron chi connectivity index (χ2n) is 3.78. The quantitative estimate of drug-likeness (QED) is 0.886. The van der Waals surface area contributed by atoms with E-state index in [1.807, 2.05) is 38.5 Å².